The topological polar surface area (TPSA) is 67.4 Å². The van der Waals surface area contributed by atoms with Gasteiger partial charge in [0.25, 0.3) is 0 Å². The second-order valence-electron chi connectivity index (χ2n) is 6.72. The van der Waals surface area contributed by atoms with Gasteiger partial charge in [0, 0.05) is 23.5 Å². The van der Waals surface area contributed by atoms with Crippen LogP contribution in [0.15, 0.2) is 28.7 Å². The minimum atomic E-state index is -0.515. The Balaban J connectivity index is 1.65. The SMILES string of the molecule is CC(C)(C)OC(=O)NCCNC(=O)C1CC1c1ccc(Br)cc1. The first-order valence-corrected chi connectivity index (χ1v) is 8.55. The molecule has 126 valence electrons. The molecule has 0 bridgehead atoms. The molecular weight excluding hydrogens is 360 g/mol. The Morgan fingerprint density at radius 2 is 1.78 bits per heavy atom. The molecule has 6 heteroatoms. The van der Waals surface area contributed by atoms with Crippen molar-refractivity contribution in [1.29, 1.82) is 0 Å². The molecule has 5 nitrogen and oxygen atoms in total. The lowest BCUT2D eigenvalue weighted by atomic mass is 10.1. The van der Waals surface area contributed by atoms with Gasteiger partial charge in [-0.05, 0) is 50.8 Å². The van der Waals surface area contributed by atoms with Gasteiger partial charge in [0.1, 0.15) is 5.60 Å². The molecule has 1 aliphatic carbocycles. The summed E-state index contributed by atoms with van der Waals surface area (Å²) >= 11 is 3.41. The van der Waals surface area contributed by atoms with Gasteiger partial charge in [-0.1, -0.05) is 28.1 Å². The summed E-state index contributed by atoms with van der Waals surface area (Å²) in [7, 11) is 0. The molecule has 0 saturated heterocycles. The van der Waals surface area contributed by atoms with Gasteiger partial charge in [-0.2, -0.15) is 0 Å². The van der Waals surface area contributed by atoms with E-state index in [-0.39, 0.29) is 11.8 Å². The summed E-state index contributed by atoms with van der Waals surface area (Å²) in [4.78, 5) is 23.5. The lowest BCUT2D eigenvalue weighted by molar-refractivity contribution is -0.122. The third kappa shape index (κ3) is 5.86. The van der Waals surface area contributed by atoms with Gasteiger partial charge in [0.05, 0.1) is 0 Å². The average molecular weight is 383 g/mol. The number of benzene rings is 1. The van der Waals surface area contributed by atoms with E-state index >= 15 is 0 Å². The molecule has 0 spiro atoms. The smallest absolute Gasteiger partial charge is 0.407 e. The van der Waals surface area contributed by atoms with Crippen LogP contribution >= 0.6 is 15.9 Å². The molecule has 1 fully saturated rings. The van der Waals surface area contributed by atoms with Gasteiger partial charge < -0.3 is 15.4 Å². The van der Waals surface area contributed by atoms with Crippen molar-refractivity contribution >= 4 is 27.9 Å². The van der Waals surface area contributed by atoms with Crippen molar-refractivity contribution < 1.29 is 14.3 Å². The van der Waals surface area contributed by atoms with Gasteiger partial charge in [0.2, 0.25) is 5.91 Å². The quantitative estimate of drug-likeness (QED) is 0.768. The fraction of sp³-hybridized carbons (Fsp3) is 0.529. The average Bonchev–Trinajstić information content (AvgIpc) is 3.23. The van der Waals surface area contributed by atoms with Crippen molar-refractivity contribution in [2.75, 3.05) is 13.1 Å². The van der Waals surface area contributed by atoms with E-state index in [2.05, 4.69) is 26.6 Å². The van der Waals surface area contributed by atoms with Crippen molar-refractivity contribution in [2.24, 2.45) is 5.92 Å². The summed E-state index contributed by atoms with van der Waals surface area (Å²) in [5.74, 6) is 0.392. The molecule has 1 aromatic rings. The Bertz CT molecular complexity index is 566. The maximum atomic E-state index is 12.1. The minimum Gasteiger partial charge on any atom is -0.444 e. The van der Waals surface area contributed by atoms with Crippen LogP contribution in [0, 0.1) is 5.92 Å². The monoisotopic (exact) mass is 382 g/mol. The fourth-order valence-corrected chi connectivity index (χ4v) is 2.62. The lowest BCUT2D eigenvalue weighted by Crippen LogP contribution is -2.38. The van der Waals surface area contributed by atoms with Gasteiger partial charge in [-0.15, -0.1) is 0 Å². The van der Waals surface area contributed by atoms with Crippen molar-refractivity contribution in [2.45, 2.75) is 38.7 Å². The molecule has 1 saturated carbocycles. The molecule has 1 aliphatic rings. The maximum absolute atomic E-state index is 12.1. The minimum absolute atomic E-state index is 0.0395. The molecule has 0 radical (unpaired) electrons. The first-order chi connectivity index (χ1) is 10.8. The van der Waals surface area contributed by atoms with E-state index in [4.69, 9.17) is 4.74 Å². The Hall–Kier alpha value is -1.56. The highest BCUT2D eigenvalue weighted by Gasteiger charge is 2.43. The second kappa shape index (κ2) is 7.34. The summed E-state index contributed by atoms with van der Waals surface area (Å²) in [6, 6.07) is 8.08. The third-order valence-electron chi connectivity index (χ3n) is 3.52. The van der Waals surface area contributed by atoms with E-state index in [1.54, 1.807) is 0 Å². The Kier molecular flexibility index (Phi) is 5.68. The zero-order valence-corrected chi connectivity index (χ0v) is 15.3. The number of rotatable bonds is 5. The Labute approximate surface area is 145 Å². The number of hydrogen-bond donors (Lipinski definition) is 2. The van der Waals surface area contributed by atoms with Crippen molar-refractivity contribution in [3.05, 3.63) is 34.3 Å². The molecule has 2 atom stereocenters. The molecular formula is C17H23BrN2O3. The van der Waals surface area contributed by atoms with Crippen LogP contribution in [-0.2, 0) is 9.53 Å². The zero-order valence-electron chi connectivity index (χ0n) is 13.7. The van der Waals surface area contributed by atoms with Crippen molar-refractivity contribution in [3.63, 3.8) is 0 Å². The van der Waals surface area contributed by atoms with E-state index in [0.29, 0.717) is 19.0 Å². The first-order valence-electron chi connectivity index (χ1n) is 7.76. The van der Waals surface area contributed by atoms with Crippen LogP contribution in [-0.4, -0.2) is 30.7 Å². The third-order valence-corrected chi connectivity index (χ3v) is 4.05. The highest BCUT2D eigenvalue weighted by atomic mass is 79.9. The summed E-state index contributed by atoms with van der Waals surface area (Å²) in [6.07, 6.45) is 0.415. The van der Waals surface area contributed by atoms with E-state index in [1.165, 1.54) is 5.56 Å². The number of hydrogen-bond acceptors (Lipinski definition) is 3. The van der Waals surface area contributed by atoms with Crippen LogP contribution in [0.3, 0.4) is 0 Å². The Morgan fingerprint density at radius 3 is 2.39 bits per heavy atom. The molecule has 23 heavy (non-hydrogen) atoms. The van der Waals surface area contributed by atoms with Crippen molar-refractivity contribution in [1.82, 2.24) is 10.6 Å². The molecule has 0 aromatic heterocycles. The van der Waals surface area contributed by atoms with E-state index in [9.17, 15) is 9.59 Å². The first kappa shape index (κ1) is 17.8. The summed E-state index contributed by atoms with van der Waals surface area (Å²) in [5.41, 5.74) is 0.680. The number of nitrogens with one attached hydrogen (secondary N) is 2. The Morgan fingerprint density at radius 1 is 1.17 bits per heavy atom. The molecule has 2 rings (SSSR count). The van der Waals surface area contributed by atoms with Crippen LogP contribution in [0.4, 0.5) is 4.79 Å². The van der Waals surface area contributed by atoms with E-state index in [1.807, 2.05) is 45.0 Å². The summed E-state index contributed by atoms with van der Waals surface area (Å²) < 4.78 is 6.16. The molecule has 2 N–H and O–H groups in total. The highest BCUT2D eigenvalue weighted by Crippen LogP contribution is 2.47. The number of carbonyl (C=O) groups is 2. The molecule has 0 heterocycles. The summed E-state index contributed by atoms with van der Waals surface area (Å²) in [5, 5.41) is 5.48. The predicted octanol–water partition coefficient (Wildman–Crippen LogP) is 3.19. The zero-order chi connectivity index (χ0) is 17.0. The van der Waals surface area contributed by atoms with Gasteiger partial charge in [-0.3, -0.25) is 4.79 Å². The van der Waals surface area contributed by atoms with Gasteiger partial charge >= 0.3 is 6.09 Å². The number of ether oxygens (including phenoxy) is 1. The predicted molar refractivity (Wildman–Crippen MR) is 92.2 cm³/mol. The fourth-order valence-electron chi connectivity index (χ4n) is 2.36. The number of amides is 2. The summed E-state index contributed by atoms with van der Waals surface area (Å²) in [6.45, 7) is 6.19. The van der Waals surface area contributed by atoms with Crippen LogP contribution < -0.4 is 10.6 Å². The standard InChI is InChI=1S/C17H23BrN2O3/c1-17(2,3)23-16(22)20-9-8-19-15(21)14-10-13(14)11-4-6-12(18)7-5-11/h4-7,13-14H,8-10H2,1-3H3,(H,19,21)(H,20,22). The van der Waals surface area contributed by atoms with E-state index in [0.717, 1.165) is 10.9 Å². The molecule has 2 amide bonds. The van der Waals surface area contributed by atoms with E-state index < -0.39 is 11.7 Å². The number of carbonyl (C=O) groups excluding carboxylic acids is 2. The van der Waals surface area contributed by atoms with Gasteiger partial charge in [0.15, 0.2) is 0 Å². The van der Waals surface area contributed by atoms with Gasteiger partial charge in [-0.25, -0.2) is 4.79 Å². The molecule has 1 aromatic carbocycles. The molecule has 0 aliphatic heterocycles. The lowest BCUT2D eigenvalue weighted by Gasteiger charge is -2.19. The van der Waals surface area contributed by atoms with Crippen LogP contribution in [0.1, 0.15) is 38.7 Å². The van der Waals surface area contributed by atoms with Crippen LogP contribution in [0.25, 0.3) is 0 Å². The largest absolute Gasteiger partial charge is 0.444 e. The molecule has 2 unspecified atom stereocenters. The number of alkyl carbamates (subject to hydrolysis) is 1. The highest BCUT2D eigenvalue weighted by molar-refractivity contribution is 9.10. The number of halogens is 1. The normalized spacial score (nSPS) is 19.8. The second-order valence-corrected chi connectivity index (χ2v) is 7.64. The maximum Gasteiger partial charge on any atom is 0.407 e. The van der Waals surface area contributed by atoms with Crippen LogP contribution in [0.5, 0.6) is 0 Å². The van der Waals surface area contributed by atoms with Crippen LogP contribution in [0.2, 0.25) is 0 Å². The van der Waals surface area contributed by atoms with Crippen molar-refractivity contribution in [3.8, 4) is 0 Å².